The number of nitrogens with zero attached hydrogens (tertiary/aromatic N) is 1. The van der Waals surface area contributed by atoms with Crippen molar-refractivity contribution in [1.82, 2.24) is 0 Å². The summed E-state index contributed by atoms with van der Waals surface area (Å²) in [5, 5.41) is 6.75. The molecule has 1 aliphatic rings. The van der Waals surface area contributed by atoms with Crippen LogP contribution in [0.15, 0.2) is 36.4 Å². The first-order chi connectivity index (χ1) is 12.4. The summed E-state index contributed by atoms with van der Waals surface area (Å²) >= 11 is 6.10. The maximum atomic E-state index is 12.5. The first kappa shape index (κ1) is 18.3. The second-order valence-electron chi connectivity index (χ2n) is 6.53. The normalized spacial score (nSPS) is 13.9. The average Bonchev–Trinajstić information content (AvgIpc) is 3.02. The van der Waals surface area contributed by atoms with E-state index in [4.69, 9.17) is 11.6 Å². The van der Waals surface area contributed by atoms with Crippen molar-refractivity contribution in [1.29, 1.82) is 0 Å². The highest BCUT2D eigenvalue weighted by molar-refractivity contribution is 6.31. The molecule has 1 aliphatic heterocycles. The lowest BCUT2D eigenvalue weighted by atomic mass is 10.1. The van der Waals surface area contributed by atoms with Crippen molar-refractivity contribution in [3.05, 3.63) is 52.5 Å². The molecule has 0 bridgehead atoms. The largest absolute Gasteiger partial charge is 0.374 e. The summed E-state index contributed by atoms with van der Waals surface area (Å²) in [4.78, 5) is 25.9. The van der Waals surface area contributed by atoms with Crippen molar-refractivity contribution in [2.75, 3.05) is 22.1 Å². The minimum atomic E-state index is -0.420. The van der Waals surface area contributed by atoms with Gasteiger partial charge in [-0.3, -0.25) is 9.59 Å². The lowest BCUT2D eigenvalue weighted by molar-refractivity contribution is -0.117. The summed E-state index contributed by atoms with van der Waals surface area (Å²) < 4.78 is 0. The summed E-state index contributed by atoms with van der Waals surface area (Å²) in [7, 11) is 0. The Labute approximate surface area is 158 Å². The number of nitrogens with one attached hydrogen (secondary N) is 2. The predicted molar refractivity (Wildman–Crippen MR) is 106 cm³/mol. The van der Waals surface area contributed by atoms with E-state index in [1.807, 2.05) is 44.2 Å². The van der Waals surface area contributed by atoms with E-state index in [0.29, 0.717) is 17.3 Å². The zero-order valence-corrected chi connectivity index (χ0v) is 15.9. The van der Waals surface area contributed by atoms with Crippen LogP contribution >= 0.6 is 11.6 Å². The number of amides is 2. The molecule has 0 unspecified atom stereocenters. The molecule has 0 aromatic heterocycles. The van der Waals surface area contributed by atoms with Crippen LogP contribution in [0.5, 0.6) is 0 Å². The molecule has 0 radical (unpaired) electrons. The standard InChI is InChI=1S/C20H22ClN3O2/c1-12-17(21)5-4-6-18(12)23-20(26)13(2)22-16-7-8-19-15(11-16)9-10-24(19)14(3)25/h4-8,11,13,22H,9-10H2,1-3H3,(H,23,26)/t13-/m0/s1. The van der Waals surface area contributed by atoms with Crippen molar-refractivity contribution in [3.8, 4) is 0 Å². The van der Waals surface area contributed by atoms with E-state index in [1.165, 1.54) is 0 Å². The fourth-order valence-corrected chi connectivity index (χ4v) is 3.29. The molecule has 5 nitrogen and oxygen atoms in total. The molecule has 1 heterocycles. The smallest absolute Gasteiger partial charge is 0.246 e. The van der Waals surface area contributed by atoms with Crippen LogP contribution in [-0.2, 0) is 16.0 Å². The van der Waals surface area contributed by atoms with Crippen molar-refractivity contribution >= 4 is 40.5 Å². The number of fused-ring (bicyclic) bond motifs is 1. The molecule has 2 aromatic rings. The minimum Gasteiger partial charge on any atom is -0.374 e. The number of rotatable bonds is 4. The van der Waals surface area contributed by atoms with Gasteiger partial charge in [0.05, 0.1) is 0 Å². The maximum absolute atomic E-state index is 12.5. The second kappa shape index (κ2) is 7.38. The molecular formula is C20H22ClN3O2. The predicted octanol–water partition coefficient (Wildman–Crippen LogP) is 4.00. The molecule has 6 heteroatoms. The number of carbonyl (C=O) groups excluding carboxylic acids is 2. The van der Waals surface area contributed by atoms with Crippen molar-refractivity contribution in [2.45, 2.75) is 33.2 Å². The molecule has 0 saturated heterocycles. The number of carbonyl (C=O) groups is 2. The summed E-state index contributed by atoms with van der Waals surface area (Å²) in [6.07, 6.45) is 0.826. The Morgan fingerprint density at radius 1 is 1.23 bits per heavy atom. The van der Waals surface area contributed by atoms with E-state index in [2.05, 4.69) is 10.6 Å². The highest BCUT2D eigenvalue weighted by Gasteiger charge is 2.23. The van der Waals surface area contributed by atoms with Gasteiger partial charge in [-0.25, -0.2) is 0 Å². The minimum absolute atomic E-state index is 0.0501. The van der Waals surface area contributed by atoms with Gasteiger partial charge in [-0.15, -0.1) is 0 Å². The SMILES string of the molecule is CC(=O)N1CCc2cc(N[C@@H](C)C(=O)Nc3cccc(Cl)c3C)ccc21. The lowest BCUT2D eigenvalue weighted by Gasteiger charge is -2.18. The quantitative estimate of drug-likeness (QED) is 0.854. The van der Waals surface area contributed by atoms with Gasteiger partial charge in [0.2, 0.25) is 11.8 Å². The molecule has 1 atom stereocenters. The van der Waals surface area contributed by atoms with Crippen molar-refractivity contribution in [2.24, 2.45) is 0 Å². The number of benzene rings is 2. The number of hydrogen-bond acceptors (Lipinski definition) is 3. The molecule has 2 aromatic carbocycles. The molecule has 26 heavy (non-hydrogen) atoms. The Kier molecular flexibility index (Phi) is 5.18. The third kappa shape index (κ3) is 3.68. The summed E-state index contributed by atoms with van der Waals surface area (Å²) in [6, 6.07) is 10.8. The van der Waals surface area contributed by atoms with E-state index < -0.39 is 6.04 Å². The molecule has 136 valence electrons. The van der Waals surface area contributed by atoms with Crippen LogP contribution in [0.1, 0.15) is 25.0 Å². The second-order valence-corrected chi connectivity index (χ2v) is 6.94. The van der Waals surface area contributed by atoms with Gasteiger partial charge < -0.3 is 15.5 Å². The van der Waals surface area contributed by atoms with Gasteiger partial charge in [-0.05, 0) is 61.7 Å². The van der Waals surface area contributed by atoms with Gasteiger partial charge in [0.1, 0.15) is 6.04 Å². The summed E-state index contributed by atoms with van der Waals surface area (Å²) in [5.41, 5.74) is 4.48. The van der Waals surface area contributed by atoms with Gasteiger partial charge >= 0.3 is 0 Å². The molecule has 2 amide bonds. The number of anilines is 3. The first-order valence-electron chi connectivity index (χ1n) is 8.60. The van der Waals surface area contributed by atoms with Crippen LogP contribution in [0.4, 0.5) is 17.1 Å². The summed E-state index contributed by atoms with van der Waals surface area (Å²) in [6.45, 7) is 5.96. The maximum Gasteiger partial charge on any atom is 0.246 e. The Balaban J connectivity index is 1.68. The average molecular weight is 372 g/mol. The van der Waals surface area contributed by atoms with E-state index in [0.717, 1.165) is 28.9 Å². The van der Waals surface area contributed by atoms with Crippen LogP contribution in [-0.4, -0.2) is 24.4 Å². The van der Waals surface area contributed by atoms with Crippen LogP contribution in [0.25, 0.3) is 0 Å². The Bertz CT molecular complexity index is 866. The zero-order valence-electron chi connectivity index (χ0n) is 15.1. The molecule has 3 rings (SSSR count). The molecule has 0 spiro atoms. The molecule has 2 N–H and O–H groups in total. The van der Waals surface area contributed by atoms with Crippen molar-refractivity contribution < 1.29 is 9.59 Å². The van der Waals surface area contributed by atoms with E-state index in [1.54, 1.807) is 17.9 Å². The van der Waals surface area contributed by atoms with Gasteiger partial charge in [0.25, 0.3) is 0 Å². The molecule has 0 saturated carbocycles. The Morgan fingerprint density at radius 2 is 2.00 bits per heavy atom. The van der Waals surface area contributed by atoms with Gasteiger partial charge in [0.15, 0.2) is 0 Å². The van der Waals surface area contributed by atoms with Gasteiger partial charge in [-0.2, -0.15) is 0 Å². The Morgan fingerprint density at radius 3 is 2.73 bits per heavy atom. The van der Waals surface area contributed by atoms with E-state index in [-0.39, 0.29) is 11.8 Å². The van der Waals surface area contributed by atoms with Crippen LogP contribution in [0.2, 0.25) is 5.02 Å². The third-order valence-corrected chi connectivity index (χ3v) is 5.07. The highest BCUT2D eigenvalue weighted by atomic mass is 35.5. The van der Waals surface area contributed by atoms with Crippen LogP contribution in [0, 0.1) is 6.92 Å². The fourth-order valence-electron chi connectivity index (χ4n) is 3.12. The topological polar surface area (TPSA) is 61.4 Å². The first-order valence-corrected chi connectivity index (χ1v) is 8.98. The van der Waals surface area contributed by atoms with Crippen LogP contribution in [0.3, 0.4) is 0 Å². The molecular weight excluding hydrogens is 350 g/mol. The van der Waals surface area contributed by atoms with Gasteiger partial charge in [-0.1, -0.05) is 17.7 Å². The van der Waals surface area contributed by atoms with Crippen molar-refractivity contribution in [3.63, 3.8) is 0 Å². The van der Waals surface area contributed by atoms with E-state index >= 15 is 0 Å². The van der Waals surface area contributed by atoms with Gasteiger partial charge in [0, 0.05) is 35.6 Å². The van der Waals surface area contributed by atoms with E-state index in [9.17, 15) is 9.59 Å². The highest BCUT2D eigenvalue weighted by Crippen LogP contribution is 2.30. The fraction of sp³-hybridized carbons (Fsp3) is 0.300. The lowest BCUT2D eigenvalue weighted by Crippen LogP contribution is -2.32. The number of hydrogen-bond donors (Lipinski definition) is 2. The molecule has 0 aliphatic carbocycles. The van der Waals surface area contributed by atoms with Crippen LogP contribution < -0.4 is 15.5 Å². The third-order valence-electron chi connectivity index (χ3n) is 4.66. The number of halogens is 1. The molecule has 0 fully saturated rings. The Hall–Kier alpha value is -2.53. The zero-order chi connectivity index (χ0) is 18.8. The monoisotopic (exact) mass is 371 g/mol. The summed E-state index contributed by atoms with van der Waals surface area (Å²) in [5.74, 6) is -0.0877.